The zero-order valence-corrected chi connectivity index (χ0v) is 14.5. The van der Waals surface area contributed by atoms with Gasteiger partial charge in [-0.05, 0) is 44.2 Å². The number of piperidine rings is 1. The number of oxazole rings is 1. The molecular weight excluding hydrogens is 318 g/mol. The van der Waals surface area contributed by atoms with Crippen LogP contribution in [0.25, 0.3) is 0 Å². The summed E-state index contributed by atoms with van der Waals surface area (Å²) in [6, 6.07) is 2.79. The van der Waals surface area contributed by atoms with Gasteiger partial charge in [0.15, 0.2) is 0 Å². The zero-order valence-electron chi connectivity index (χ0n) is 14.5. The molecular formula is C18H25N5O2. The minimum absolute atomic E-state index is 0.0344. The van der Waals surface area contributed by atoms with Gasteiger partial charge in [-0.25, -0.2) is 9.67 Å². The van der Waals surface area contributed by atoms with E-state index in [1.807, 2.05) is 0 Å². The summed E-state index contributed by atoms with van der Waals surface area (Å²) in [5.74, 6) is 0. The molecule has 1 fully saturated rings. The molecule has 1 N–H and O–H groups in total. The van der Waals surface area contributed by atoms with Crippen LogP contribution in [-0.2, 0) is 19.4 Å². The van der Waals surface area contributed by atoms with Crippen molar-refractivity contribution < 1.29 is 4.42 Å². The largest absolute Gasteiger partial charge is 0.432 e. The second kappa shape index (κ2) is 7.39. The second-order valence-corrected chi connectivity index (χ2v) is 6.93. The van der Waals surface area contributed by atoms with Crippen LogP contribution in [0.5, 0.6) is 0 Å². The Morgan fingerprint density at radius 2 is 2.20 bits per heavy atom. The maximum atomic E-state index is 12.3. The van der Waals surface area contributed by atoms with Gasteiger partial charge in [0.2, 0.25) is 0 Å². The highest BCUT2D eigenvalue weighted by Gasteiger charge is 2.23. The first-order chi connectivity index (χ1) is 12.3. The predicted molar refractivity (Wildman–Crippen MR) is 94.7 cm³/mol. The summed E-state index contributed by atoms with van der Waals surface area (Å²) in [6.07, 6.45) is 9.95. The Hall–Kier alpha value is -2.15. The van der Waals surface area contributed by atoms with Crippen LogP contribution < -0.4 is 10.9 Å². The molecule has 2 aliphatic rings. The van der Waals surface area contributed by atoms with Crippen molar-refractivity contribution in [1.82, 2.24) is 19.7 Å². The third-order valence-electron chi connectivity index (χ3n) is 5.29. The van der Waals surface area contributed by atoms with Crippen LogP contribution in [0.15, 0.2) is 27.7 Å². The fraction of sp³-hybridized carbons (Fsp3) is 0.611. The molecule has 2 aromatic heterocycles. The molecule has 0 saturated carbocycles. The first-order valence-corrected chi connectivity index (χ1v) is 9.27. The minimum atomic E-state index is 0.0344. The van der Waals surface area contributed by atoms with E-state index in [2.05, 4.69) is 20.3 Å². The van der Waals surface area contributed by atoms with Gasteiger partial charge >= 0.3 is 0 Å². The molecule has 0 amide bonds. The van der Waals surface area contributed by atoms with Gasteiger partial charge in [-0.2, -0.15) is 5.10 Å². The maximum Gasteiger partial charge on any atom is 0.294 e. The third kappa shape index (κ3) is 3.76. The lowest BCUT2D eigenvalue weighted by Crippen LogP contribution is -2.45. The molecule has 134 valence electrons. The van der Waals surface area contributed by atoms with Crippen LogP contribution in [-0.4, -0.2) is 45.3 Å². The van der Waals surface area contributed by atoms with Crippen LogP contribution in [0.1, 0.15) is 36.9 Å². The van der Waals surface area contributed by atoms with Gasteiger partial charge in [-0.3, -0.25) is 9.69 Å². The highest BCUT2D eigenvalue weighted by molar-refractivity contribution is 5.22. The van der Waals surface area contributed by atoms with Gasteiger partial charge in [0.25, 0.3) is 11.6 Å². The number of nitrogens with one attached hydrogen (secondary N) is 1. The van der Waals surface area contributed by atoms with Crippen LogP contribution in [0, 0.1) is 0 Å². The number of rotatable bonds is 6. The SMILES string of the molecule is O=c1cc2c(nn1CCN1CCCCC1CNc1ncco1)CCC2. The average molecular weight is 343 g/mol. The molecule has 1 aliphatic carbocycles. The van der Waals surface area contributed by atoms with Gasteiger partial charge in [0, 0.05) is 25.2 Å². The van der Waals surface area contributed by atoms with Crippen LogP contribution in [0.3, 0.4) is 0 Å². The topological polar surface area (TPSA) is 76.2 Å². The number of likely N-dealkylation sites (tertiary alicyclic amines) is 1. The Kier molecular flexibility index (Phi) is 4.83. The molecule has 1 atom stereocenters. The number of aryl methyl sites for hydroxylation is 2. The lowest BCUT2D eigenvalue weighted by Gasteiger charge is -2.35. The smallest absolute Gasteiger partial charge is 0.294 e. The fourth-order valence-electron chi connectivity index (χ4n) is 3.92. The van der Waals surface area contributed by atoms with Gasteiger partial charge < -0.3 is 9.73 Å². The number of aromatic nitrogens is 3. The zero-order chi connectivity index (χ0) is 17.1. The quantitative estimate of drug-likeness (QED) is 0.860. The molecule has 1 unspecified atom stereocenters. The Balaban J connectivity index is 1.37. The Morgan fingerprint density at radius 1 is 1.24 bits per heavy atom. The highest BCUT2D eigenvalue weighted by Crippen LogP contribution is 2.19. The molecule has 1 saturated heterocycles. The van der Waals surface area contributed by atoms with Crippen molar-refractivity contribution in [2.45, 2.75) is 51.1 Å². The van der Waals surface area contributed by atoms with Crippen LogP contribution in [0.4, 0.5) is 6.01 Å². The molecule has 0 radical (unpaired) electrons. The third-order valence-corrected chi connectivity index (χ3v) is 5.29. The molecule has 2 aromatic rings. The van der Waals surface area contributed by atoms with Gasteiger partial charge in [0.05, 0.1) is 18.4 Å². The van der Waals surface area contributed by atoms with Crippen molar-refractivity contribution in [3.8, 4) is 0 Å². The van der Waals surface area contributed by atoms with E-state index in [0.29, 0.717) is 18.6 Å². The van der Waals surface area contributed by atoms with E-state index in [-0.39, 0.29) is 5.56 Å². The molecule has 7 nitrogen and oxygen atoms in total. The number of hydrogen-bond acceptors (Lipinski definition) is 6. The van der Waals surface area contributed by atoms with E-state index in [9.17, 15) is 4.79 Å². The van der Waals surface area contributed by atoms with E-state index in [0.717, 1.165) is 56.6 Å². The van der Waals surface area contributed by atoms with Gasteiger partial charge in [0.1, 0.15) is 6.26 Å². The summed E-state index contributed by atoms with van der Waals surface area (Å²) in [7, 11) is 0. The summed E-state index contributed by atoms with van der Waals surface area (Å²) < 4.78 is 6.90. The number of nitrogens with zero attached hydrogens (tertiary/aromatic N) is 4. The molecule has 0 bridgehead atoms. The fourth-order valence-corrected chi connectivity index (χ4v) is 3.92. The van der Waals surface area contributed by atoms with Crippen molar-refractivity contribution in [2.75, 3.05) is 25.0 Å². The normalized spacial score (nSPS) is 20.6. The Labute approximate surface area is 147 Å². The summed E-state index contributed by atoms with van der Waals surface area (Å²) in [5, 5.41) is 7.85. The molecule has 25 heavy (non-hydrogen) atoms. The first-order valence-electron chi connectivity index (χ1n) is 9.27. The lowest BCUT2D eigenvalue weighted by atomic mass is 10.0. The molecule has 7 heteroatoms. The van der Waals surface area contributed by atoms with E-state index in [1.165, 1.54) is 12.8 Å². The number of anilines is 1. The Morgan fingerprint density at radius 3 is 3.08 bits per heavy atom. The minimum Gasteiger partial charge on any atom is -0.432 e. The number of hydrogen-bond donors (Lipinski definition) is 1. The lowest BCUT2D eigenvalue weighted by molar-refractivity contribution is 0.147. The first kappa shape index (κ1) is 16.3. The van der Waals surface area contributed by atoms with Gasteiger partial charge in [-0.15, -0.1) is 0 Å². The monoisotopic (exact) mass is 343 g/mol. The summed E-state index contributed by atoms with van der Waals surface area (Å²) >= 11 is 0. The molecule has 0 aromatic carbocycles. The standard InChI is InChI=1S/C18H25N5O2/c24-17-12-14-4-3-6-16(14)21-23(17)10-9-22-8-2-1-5-15(22)13-20-18-19-7-11-25-18/h7,11-12,15H,1-6,8-10,13H2,(H,19,20). The molecule has 0 spiro atoms. The number of fused-ring (bicyclic) bond motifs is 1. The van der Waals surface area contributed by atoms with Gasteiger partial charge in [-0.1, -0.05) is 6.42 Å². The van der Waals surface area contributed by atoms with E-state index < -0.39 is 0 Å². The molecule has 1 aliphatic heterocycles. The summed E-state index contributed by atoms with van der Waals surface area (Å²) in [6.45, 7) is 3.38. The van der Waals surface area contributed by atoms with Crippen molar-refractivity contribution in [2.24, 2.45) is 0 Å². The Bertz CT molecular complexity index is 755. The van der Waals surface area contributed by atoms with E-state index in [1.54, 1.807) is 23.2 Å². The van der Waals surface area contributed by atoms with Crippen molar-refractivity contribution >= 4 is 6.01 Å². The maximum absolute atomic E-state index is 12.3. The van der Waals surface area contributed by atoms with E-state index >= 15 is 0 Å². The molecule has 4 rings (SSSR count). The highest BCUT2D eigenvalue weighted by atomic mass is 16.4. The van der Waals surface area contributed by atoms with Crippen LogP contribution in [0.2, 0.25) is 0 Å². The van der Waals surface area contributed by atoms with E-state index in [4.69, 9.17) is 4.42 Å². The van der Waals surface area contributed by atoms with Crippen molar-refractivity contribution in [1.29, 1.82) is 0 Å². The second-order valence-electron chi connectivity index (χ2n) is 6.93. The average Bonchev–Trinajstić information content (AvgIpc) is 3.30. The van der Waals surface area contributed by atoms with Crippen molar-refractivity contribution in [3.05, 3.63) is 40.1 Å². The van der Waals surface area contributed by atoms with Crippen molar-refractivity contribution in [3.63, 3.8) is 0 Å². The summed E-state index contributed by atoms with van der Waals surface area (Å²) in [5.41, 5.74) is 2.29. The predicted octanol–water partition coefficient (Wildman–Crippen LogP) is 1.69. The molecule has 3 heterocycles. The van der Waals surface area contributed by atoms with Crippen LogP contribution >= 0.6 is 0 Å². The summed E-state index contributed by atoms with van der Waals surface area (Å²) in [4.78, 5) is 18.8.